The molecule has 2 N–H and O–H groups in total. The van der Waals surface area contributed by atoms with E-state index >= 15 is 0 Å². The third kappa shape index (κ3) is 3.94. The average Bonchev–Trinajstić information content (AvgIpc) is 2.31. The Kier molecular flexibility index (Phi) is 5.88. The lowest BCUT2D eigenvalue weighted by Crippen LogP contribution is -2.27. The molecule has 0 atom stereocenters. The van der Waals surface area contributed by atoms with Crippen molar-refractivity contribution >= 4 is 38.8 Å². The molecule has 17 heavy (non-hydrogen) atoms. The summed E-state index contributed by atoms with van der Waals surface area (Å²) in [5.74, 6) is 0. The van der Waals surface area contributed by atoms with Crippen molar-refractivity contribution < 1.29 is 4.74 Å². The normalized spacial score (nSPS) is 10.3. The van der Waals surface area contributed by atoms with Crippen LogP contribution in [0.3, 0.4) is 0 Å². The maximum Gasteiger partial charge on any atom is 0.104 e. The van der Waals surface area contributed by atoms with Gasteiger partial charge in [-0.25, -0.2) is 0 Å². The molecular formula is C12H17BrN2OS. The smallest absolute Gasteiger partial charge is 0.104 e. The van der Waals surface area contributed by atoms with Crippen LogP contribution in [-0.4, -0.2) is 31.8 Å². The summed E-state index contributed by atoms with van der Waals surface area (Å²) in [6.45, 7) is 4.60. The van der Waals surface area contributed by atoms with Gasteiger partial charge in [0, 0.05) is 30.2 Å². The molecule has 1 aromatic carbocycles. The quantitative estimate of drug-likeness (QED) is 0.819. The van der Waals surface area contributed by atoms with Crippen molar-refractivity contribution in [1.82, 2.24) is 0 Å². The topological polar surface area (TPSA) is 38.5 Å². The van der Waals surface area contributed by atoms with Crippen molar-refractivity contribution in [2.24, 2.45) is 5.73 Å². The number of benzene rings is 1. The Morgan fingerprint density at radius 2 is 2.24 bits per heavy atom. The molecule has 0 saturated heterocycles. The number of methoxy groups -OCH3 is 1. The first kappa shape index (κ1) is 14.4. The van der Waals surface area contributed by atoms with Gasteiger partial charge in [-0.2, -0.15) is 0 Å². The monoisotopic (exact) mass is 316 g/mol. The van der Waals surface area contributed by atoms with Crippen LogP contribution in [0, 0.1) is 0 Å². The first-order valence-corrected chi connectivity index (χ1v) is 6.63. The zero-order valence-corrected chi connectivity index (χ0v) is 12.5. The van der Waals surface area contributed by atoms with Crippen LogP contribution >= 0.6 is 28.1 Å². The molecule has 0 spiro atoms. The number of ether oxygens (including phenoxy) is 1. The van der Waals surface area contributed by atoms with Crippen molar-refractivity contribution in [2.45, 2.75) is 6.92 Å². The molecule has 0 aliphatic rings. The molecule has 0 radical (unpaired) electrons. The second-order valence-corrected chi connectivity index (χ2v) is 4.90. The molecule has 0 amide bonds. The van der Waals surface area contributed by atoms with Gasteiger partial charge in [-0.1, -0.05) is 12.2 Å². The zero-order valence-electron chi connectivity index (χ0n) is 10.1. The summed E-state index contributed by atoms with van der Waals surface area (Å²) < 4.78 is 6.10. The number of halogens is 1. The maximum absolute atomic E-state index is 5.60. The molecule has 0 heterocycles. The van der Waals surface area contributed by atoms with Crippen LogP contribution in [0.4, 0.5) is 5.69 Å². The van der Waals surface area contributed by atoms with Gasteiger partial charge in [-0.05, 0) is 41.1 Å². The van der Waals surface area contributed by atoms with Gasteiger partial charge in [0.2, 0.25) is 0 Å². The van der Waals surface area contributed by atoms with Gasteiger partial charge in [-0.3, -0.25) is 0 Å². The van der Waals surface area contributed by atoms with E-state index in [1.54, 1.807) is 7.11 Å². The Labute approximate surface area is 116 Å². The lowest BCUT2D eigenvalue weighted by molar-refractivity contribution is 0.205. The molecule has 5 heteroatoms. The van der Waals surface area contributed by atoms with Crippen LogP contribution in [0.5, 0.6) is 0 Å². The molecule has 94 valence electrons. The van der Waals surface area contributed by atoms with Crippen LogP contribution in [0.1, 0.15) is 12.5 Å². The number of anilines is 1. The van der Waals surface area contributed by atoms with Crippen molar-refractivity contribution in [3.63, 3.8) is 0 Å². The summed E-state index contributed by atoms with van der Waals surface area (Å²) in [5.41, 5.74) is 7.60. The number of thiocarbonyl (C=S) groups is 1. The van der Waals surface area contributed by atoms with E-state index < -0.39 is 0 Å². The molecule has 0 aliphatic heterocycles. The fraction of sp³-hybridized carbons (Fsp3) is 0.417. The van der Waals surface area contributed by atoms with Crippen molar-refractivity contribution in [2.75, 3.05) is 31.7 Å². The van der Waals surface area contributed by atoms with Crippen LogP contribution in [0.2, 0.25) is 0 Å². The van der Waals surface area contributed by atoms with E-state index in [2.05, 4.69) is 27.8 Å². The van der Waals surface area contributed by atoms with E-state index in [0.717, 1.165) is 28.8 Å². The molecule has 1 aromatic rings. The summed E-state index contributed by atoms with van der Waals surface area (Å²) in [6.07, 6.45) is 0. The fourth-order valence-electron chi connectivity index (χ4n) is 1.57. The Morgan fingerprint density at radius 3 is 2.71 bits per heavy atom. The van der Waals surface area contributed by atoms with Gasteiger partial charge in [0.1, 0.15) is 4.99 Å². The van der Waals surface area contributed by atoms with Crippen LogP contribution < -0.4 is 10.6 Å². The lowest BCUT2D eigenvalue weighted by atomic mass is 10.2. The molecule has 3 nitrogen and oxygen atoms in total. The summed E-state index contributed by atoms with van der Waals surface area (Å²) in [7, 11) is 1.71. The maximum atomic E-state index is 5.60. The lowest BCUT2D eigenvalue weighted by Gasteiger charge is -2.24. The van der Waals surface area contributed by atoms with E-state index in [1.165, 1.54) is 0 Å². The highest BCUT2D eigenvalue weighted by atomic mass is 79.9. The molecular weight excluding hydrogens is 300 g/mol. The summed E-state index contributed by atoms with van der Waals surface area (Å²) in [5, 5.41) is 0. The summed E-state index contributed by atoms with van der Waals surface area (Å²) in [6, 6.07) is 5.92. The largest absolute Gasteiger partial charge is 0.389 e. The zero-order chi connectivity index (χ0) is 12.8. The molecule has 0 unspecified atom stereocenters. The Balaban J connectivity index is 2.92. The van der Waals surface area contributed by atoms with E-state index in [4.69, 9.17) is 22.7 Å². The first-order valence-electron chi connectivity index (χ1n) is 5.43. The van der Waals surface area contributed by atoms with E-state index in [9.17, 15) is 0 Å². The van der Waals surface area contributed by atoms with Gasteiger partial charge < -0.3 is 15.4 Å². The van der Waals surface area contributed by atoms with E-state index in [1.807, 2.05) is 18.2 Å². The Bertz CT molecular complexity index is 398. The molecule has 1 rings (SSSR count). The first-order chi connectivity index (χ1) is 8.10. The minimum absolute atomic E-state index is 0.414. The number of nitrogens with two attached hydrogens (primary N) is 1. The molecule has 0 bridgehead atoms. The standard InChI is InChI=1S/C12H17BrN2OS/c1-3-15(6-7-16-2)11-5-4-9(12(14)17)8-10(11)13/h4-5,8H,3,6-7H2,1-2H3,(H2,14,17). The predicted molar refractivity (Wildman–Crippen MR) is 79.8 cm³/mol. The van der Waals surface area contributed by atoms with Gasteiger partial charge >= 0.3 is 0 Å². The third-order valence-electron chi connectivity index (χ3n) is 2.52. The van der Waals surface area contributed by atoms with Gasteiger partial charge in [0.05, 0.1) is 12.3 Å². The SMILES string of the molecule is CCN(CCOC)c1ccc(C(N)=S)cc1Br. The third-order valence-corrected chi connectivity index (χ3v) is 3.39. The number of nitrogens with zero attached hydrogens (tertiary/aromatic N) is 1. The number of hydrogen-bond acceptors (Lipinski definition) is 3. The highest BCUT2D eigenvalue weighted by Gasteiger charge is 2.09. The average molecular weight is 317 g/mol. The van der Waals surface area contributed by atoms with Gasteiger partial charge in [-0.15, -0.1) is 0 Å². The Morgan fingerprint density at radius 1 is 1.53 bits per heavy atom. The number of likely N-dealkylation sites (N-methyl/N-ethyl adjacent to an activating group) is 1. The van der Waals surface area contributed by atoms with Crippen molar-refractivity contribution in [1.29, 1.82) is 0 Å². The van der Waals surface area contributed by atoms with Gasteiger partial charge in [0.15, 0.2) is 0 Å². The second-order valence-electron chi connectivity index (χ2n) is 3.60. The van der Waals surface area contributed by atoms with E-state index in [0.29, 0.717) is 11.6 Å². The molecule has 0 aliphatic carbocycles. The van der Waals surface area contributed by atoms with Crippen molar-refractivity contribution in [3.8, 4) is 0 Å². The second kappa shape index (κ2) is 6.93. The van der Waals surface area contributed by atoms with Crippen molar-refractivity contribution in [3.05, 3.63) is 28.2 Å². The van der Waals surface area contributed by atoms with E-state index in [-0.39, 0.29) is 0 Å². The number of hydrogen-bond donors (Lipinski definition) is 1. The van der Waals surface area contributed by atoms with Crippen LogP contribution in [0.25, 0.3) is 0 Å². The highest BCUT2D eigenvalue weighted by molar-refractivity contribution is 9.10. The predicted octanol–water partition coefficient (Wildman–Crippen LogP) is 2.56. The molecule has 0 saturated carbocycles. The fourth-order valence-corrected chi connectivity index (χ4v) is 2.32. The highest BCUT2D eigenvalue weighted by Crippen LogP contribution is 2.27. The van der Waals surface area contributed by atoms with Crippen LogP contribution in [-0.2, 0) is 4.74 Å². The number of rotatable bonds is 6. The molecule has 0 fully saturated rings. The minimum atomic E-state index is 0.414. The van der Waals surface area contributed by atoms with Gasteiger partial charge in [0.25, 0.3) is 0 Å². The minimum Gasteiger partial charge on any atom is -0.389 e. The van der Waals surface area contributed by atoms with Crippen LogP contribution in [0.15, 0.2) is 22.7 Å². The molecule has 0 aromatic heterocycles. The summed E-state index contributed by atoms with van der Waals surface area (Å²) >= 11 is 8.50. The summed E-state index contributed by atoms with van der Waals surface area (Å²) in [4.78, 5) is 2.65. The Hall–Kier alpha value is -0.650.